The number of nitrogens with one attached hydrogen (secondary N) is 2. The zero-order valence-electron chi connectivity index (χ0n) is 16.2. The number of hydrogen-bond donors (Lipinski definition) is 2. The number of nitrogens with zero attached hydrogens (tertiary/aromatic N) is 4. The predicted molar refractivity (Wildman–Crippen MR) is 105 cm³/mol. The smallest absolute Gasteiger partial charge is 0.228 e. The summed E-state index contributed by atoms with van der Waals surface area (Å²) in [7, 11) is 1.71. The number of aryl methyl sites for hydroxylation is 1. The van der Waals surface area contributed by atoms with Crippen LogP contribution in [-0.4, -0.2) is 55.4 Å². The number of para-hydroxylation sites is 2. The highest BCUT2D eigenvalue weighted by molar-refractivity contribution is 5.80. The topological polar surface area (TPSA) is 87.8 Å². The van der Waals surface area contributed by atoms with Crippen molar-refractivity contribution in [1.29, 1.82) is 0 Å². The van der Waals surface area contributed by atoms with E-state index < -0.39 is 0 Å². The maximum atomic E-state index is 5.49. The van der Waals surface area contributed by atoms with Gasteiger partial charge in [0.05, 0.1) is 19.3 Å². The molecule has 1 unspecified atom stereocenters. The molecule has 1 saturated heterocycles. The van der Waals surface area contributed by atoms with Crippen molar-refractivity contribution in [2.75, 3.05) is 38.2 Å². The summed E-state index contributed by atoms with van der Waals surface area (Å²) in [5, 5.41) is 10.6. The van der Waals surface area contributed by atoms with Gasteiger partial charge in [0.2, 0.25) is 5.89 Å². The second kappa shape index (κ2) is 9.25. The lowest BCUT2D eigenvalue weighted by Crippen LogP contribution is -2.44. The van der Waals surface area contributed by atoms with Gasteiger partial charge in [-0.25, -0.2) is 0 Å². The van der Waals surface area contributed by atoms with Crippen LogP contribution in [0.2, 0.25) is 0 Å². The zero-order valence-corrected chi connectivity index (χ0v) is 16.2. The third-order valence-corrected chi connectivity index (χ3v) is 4.46. The molecule has 146 valence electrons. The molecule has 0 radical (unpaired) electrons. The highest BCUT2D eigenvalue weighted by Crippen LogP contribution is 2.30. The molecular weight excluding hydrogens is 344 g/mol. The van der Waals surface area contributed by atoms with Crippen molar-refractivity contribution in [3.05, 3.63) is 36.0 Å². The summed E-state index contributed by atoms with van der Waals surface area (Å²) < 4.78 is 10.6. The Balaban J connectivity index is 1.56. The highest BCUT2D eigenvalue weighted by atomic mass is 16.5. The van der Waals surface area contributed by atoms with Crippen LogP contribution in [0.3, 0.4) is 0 Å². The molecule has 1 atom stereocenters. The Labute approximate surface area is 160 Å². The minimum Gasteiger partial charge on any atom is -0.495 e. The van der Waals surface area contributed by atoms with Crippen LogP contribution in [-0.2, 0) is 6.42 Å². The van der Waals surface area contributed by atoms with E-state index in [0.717, 1.165) is 43.5 Å². The number of anilines is 1. The molecule has 1 aliphatic heterocycles. The van der Waals surface area contributed by atoms with Crippen molar-refractivity contribution in [1.82, 2.24) is 20.8 Å². The number of rotatable bonds is 7. The summed E-state index contributed by atoms with van der Waals surface area (Å²) in [6.45, 7) is 7.19. The summed E-state index contributed by atoms with van der Waals surface area (Å²) >= 11 is 0. The van der Waals surface area contributed by atoms with E-state index in [4.69, 9.17) is 9.26 Å². The van der Waals surface area contributed by atoms with Crippen molar-refractivity contribution in [2.45, 2.75) is 32.7 Å². The Morgan fingerprint density at radius 1 is 1.41 bits per heavy atom. The van der Waals surface area contributed by atoms with Crippen LogP contribution in [0, 0.1) is 6.92 Å². The van der Waals surface area contributed by atoms with Gasteiger partial charge in [-0.2, -0.15) is 4.98 Å². The summed E-state index contributed by atoms with van der Waals surface area (Å²) in [5.74, 6) is 3.01. The molecule has 1 aromatic carbocycles. The monoisotopic (exact) mass is 372 g/mol. The van der Waals surface area contributed by atoms with Gasteiger partial charge in [-0.3, -0.25) is 4.99 Å². The second-order valence-electron chi connectivity index (χ2n) is 6.49. The van der Waals surface area contributed by atoms with Crippen LogP contribution in [0.15, 0.2) is 33.8 Å². The van der Waals surface area contributed by atoms with Gasteiger partial charge in [0.1, 0.15) is 5.75 Å². The highest BCUT2D eigenvalue weighted by Gasteiger charge is 2.25. The molecule has 27 heavy (non-hydrogen) atoms. The number of aromatic nitrogens is 2. The normalized spacial score (nSPS) is 17.2. The minimum absolute atomic E-state index is 0.332. The molecule has 0 aliphatic carbocycles. The molecule has 2 aromatic rings. The first-order chi connectivity index (χ1) is 13.2. The number of hydrogen-bond acceptors (Lipinski definition) is 6. The van der Waals surface area contributed by atoms with Crippen molar-refractivity contribution < 1.29 is 9.26 Å². The maximum Gasteiger partial charge on any atom is 0.228 e. The van der Waals surface area contributed by atoms with Gasteiger partial charge < -0.3 is 24.8 Å². The molecule has 2 heterocycles. The van der Waals surface area contributed by atoms with Crippen LogP contribution in [0.1, 0.15) is 25.1 Å². The van der Waals surface area contributed by atoms with E-state index in [9.17, 15) is 0 Å². The van der Waals surface area contributed by atoms with Gasteiger partial charge in [-0.1, -0.05) is 17.3 Å². The Kier molecular flexibility index (Phi) is 6.51. The largest absolute Gasteiger partial charge is 0.495 e. The number of guanidine groups is 1. The molecule has 3 rings (SSSR count). The van der Waals surface area contributed by atoms with Crippen LogP contribution in [0.4, 0.5) is 5.69 Å². The molecule has 1 fully saturated rings. The van der Waals surface area contributed by atoms with Crippen molar-refractivity contribution >= 4 is 11.6 Å². The first-order valence-corrected chi connectivity index (χ1v) is 9.41. The third kappa shape index (κ3) is 5.12. The fraction of sp³-hybridized carbons (Fsp3) is 0.526. The third-order valence-electron chi connectivity index (χ3n) is 4.46. The van der Waals surface area contributed by atoms with E-state index in [0.29, 0.717) is 30.7 Å². The van der Waals surface area contributed by atoms with E-state index >= 15 is 0 Å². The number of benzene rings is 1. The Morgan fingerprint density at radius 2 is 2.26 bits per heavy atom. The van der Waals surface area contributed by atoms with Gasteiger partial charge >= 0.3 is 0 Å². The summed E-state index contributed by atoms with van der Waals surface area (Å²) in [6.07, 6.45) is 1.68. The van der Waals surface area contributed by atoms with Gasteiger partial charge in [0, 0.05) is 32.1 Å². The molecule has 0 saturated carbocycles. The van der Waals surface area contributed by atoms with Crippen molar-refractivity contribution in [3.8, 4) is 5.75 Å². The summed E-state index contributed by atoms with van der Waals surface area (Å²) in [5.41, 5.74) is 1.14. The van der Waals surface area contributed by atoms with Crippen molar-refractivity contribution in [2.24, 2.45) is 4.99 Å². The predicted octanol–water partition coefficient (Wildman–Crippen LogP) is 1.76. The van der Waals surface area contributed by atoms with E-state index in [1.165, 1.54) is 0 Å². The van der Waals surface area contributed by atoms with Crippen LogP contribution in [0.25, 0.3) is 0 Å². The molecule has 8 heteroatoms. The van der Waals surface area contributed by atoms with E-state index in [2.05, 4.69) is 43.7 Å². The van der Waals surface area contributed by atoms with Gasteiger partial charge in [-0.05, 0) is 32.4 Å². The maximum absolute atomic E-state index is 5.49. The molecule has 1 aliphatic rings. The van der Waals surface area contributed by atoms with Gasteiger partial charge in [0.25, 0.3) is 0 Å². The Hall–Kier alpha value is -2.77. The lowest BCUT2D eigenvalue weighted by molar-refractivity contribution is 0.376. The fourth-order valence-corrected chi connectivity index (χ4v) is 3.21. The number of aliphatic imine (C=N–C) groups is 1. The van der Waals surface area contributed by atoms with E-state index in [1.54, 1.807) is 7.11 Å². The van der Waals surface area contributed by atoms with Gasteiger partial charge in [-0.15, -0.1) is 0 Å². The molecule has 0 bridgehead atoms. The van der Waals surface area contributed by atoms with Crippen LogP contribution >= 0.6 is 0 Å². The Morgan fingerprint density at radius 3 is 3.00 bits per heavy atom. The average molecular weight is 372 g/mol. The van der Waals surface area contributed by atoms with Crippen molar-refractivity contribution in [3.63, 3.8) is 0 Å². The number of ether oxygens (including phenoxy) is 1. The first-order valence-electron chi connectivity index (χ1n) is 9.41. The SMILES string of the molecule is CCNC(=NCCc1nc(C)no1)NC1CCN(c2ccccc2OC)C1. The molecular formula is C19H28N6O2. The summed E-state index contributed by atoms with van der Waals surface area (Å²) in [4.78, 5) is 11.2. The first kappa shape index (κ1) is 19.0. The molecule has 1 aromatic heterocycles. The van der Waals surface area contributed by atoms with E-state index in [1.807, 2.05) is 25.1 Å². The molecule has 0 amide bonds. The number of methoxy groups -OCH3 is 1. The van der Waals surface area contributed by atoms with Crippen LogP contribution < -0.4 is 20.3 Å². The minimum atomic E-state index is 0.332. The molecule has 0 spiro atoms. The second-order valence-corrected chi connectivity index (χ2v) is 6.49. The van der Waals surface area contributed by atoms with Crippen LogP contribution in [0.5, 0.6) is 5.75 Å². The Bertz CT molecular complexity index is 760. The lowest BCUT2D eigenvalue weighted by Gasteiger charge is -2.22. The quantitative estimate of drug-likeness (QED) is 0.566. The molecule has 8 nitrogen and oxygen atoms in total. The summed E-state index contributed by atoms with van der Waals surface area (Å²) in [6, 6.07) is 8.48. The average Bonchev–Trinajstić information content (AvgIpc) is 3.31. The molecule has 2 N–H and O–H groups in total. The lowest BCUT2D eigenvalue weighted by atomic mass is 10.2. The van der Waals surface area contributed by atoms with E-state index in [-0.39, 0.29) is 0 Å². The fourth-order valence-electron chi connectivity index (χ4n) is 3.21. The standard InChI is InChI=1S/C19H28N6O2/c1-4-20-19(21-11-9-18-22-14(2)24-27-18)23-15-10-12-25(13-15)16-7-5-6-8-17(16)26-3/h5-8,15H,4,9-13H2,1-3H3,(H2,20,21,23). The zero-order chi connectivity index (χ0) is 19.1. The van der Waals surface area contributed by atoms with Gasteiger partial charge in [0.15, 0.2) is 11.8 Å².